The molecular formula is C22H22Cl2Ti. The molecule has 2 aliphatic carbocycles. The van der Waals surface area contributed by atoms with Crippen molar-refractivity contribution in [2.75, 3.05) is 0 Å². The van der Waals surface area contributed by atoms with E-state index in [2.05, 4.69) is 67.6 Å². The van der Waals surface area contributed by atoms with Gasteiger partial charge in [0.2, 0.25) is 0 Å². The summed E-state index contributed by atoms with van der Waals surface area (Å²) in [5.74, 6) is 0. The van der Waals surface area contributed by atoms with E-state index in [-0.39, 0.29) is 46.5 Å². The number of halogens is 2. The predicted octanol–water partition coefficient (Wildman–Crippen LogP) is -0.0704. The maximum Gasteiger partial charge on any atom is 4.00 e. The van der Waals surface area contributed by atoms with Gasteiger partial charge in [0.05, 0.1) is 0 Å². The molecule has 0 fully saturated rings. The standard InChI is InChI=1S/C13H9.C9H13.2ClH.Ti/c1-3-7-12-10(5-1)9-11-6-2-4-8-13(11)12;1-2-3-6-9-7-4-5-8-9;;;/h1-5,7-8H,9H2;4,7H,2-3,5-6H2,1H3;2*1H;/q2*-1;;;+4/p-2. The number of allylic oxidation sites excluding steroid dienone is 4. The Kier molecular flexibility index (Phi) is 12.2. The molecular weight excluding hydrogens is 383 g/mol. The largest absolute Gasteiger partial charge is 4.00 e. The van der Waals surface area contributed by atoms with E-state index in [9.17, 15) is 0 Å². The molecule has 25 heavy (non-hydrogen) atoms. The Hall–Kier alpha value is -0.786. The normalized spacial score (nSPS) is 12.3. The molecule has 4 rings (SSSR count). The molecule has 0 radical (unpaired) electrons. The van der Waals surface area contributed by atoms with E-state index in [0.717, 1.165) is 12.8 Å². The summed E-state index contributed by atoms with van der Waals surface area (Å²) in [5.41, 5.74) is 6.92. The van der Waals surface area contributed by atoms with Crippen LogP contribution in [0.1, 0.15) is 43.7 Å². The fraction of sp³-hybridized carbons (Fsp3) is 0.273. The van der Waals surface area contributed by atoms with Crippen molar-refractivity contribution in [1.82, 2.24) is 0 Å². The zero-order valence-corrected chi connectivity index (χ0v) is 17.6. The molecule has 0 aromatic heterocycles. The van der Waals surface area contributed by atoms with Crippen molar-refractivity contribution in [1.29, 1.82) is 0 Å². The molecule has 2 aliphatic rings. The smallest absolute Gasteiger partial charge is 1.00 e. The Morgan fingerprint density at radius 2 is 1.76 bits per heavy atom. The van der Waals surface area contributed by atoms with Crippen LogP contribution >= 0.6 is 0 Å². The number of hydrogen-bond acceptors (Lipinski definition) is 0. The molecule has 0 saturated heterocycles. The van der Waals surface area contributed by atoms with Crippen LogP contribution in [0.5, 0.6) is 0 Å². The molecule has 128 valence electrons. The number of rotatable bonds is 3. The Morgan fingerprint density at radius 3 is 2.48 bits per heavy atom. The summed E-state index contributed by atoms with van der Waals surface area (Å²) in [5, 5.41) is 0. The molecule has 0 heterocycles. The molecule has 0 unspecified atom stereocenters. The molecule has 0 aliphatic heterocycles. The van der Waals surface area contributed by atoms with Gasteiger partial charge in [0, 0.05) is 0 Å². The minimum absolute atomic E-state index is 0. The Bertz CT molecular complexity index is 661. The van der Waals surface area contributed by atoms with Gasteiger partial charge in [-0.2, -0.15) is 35.9 Å². The van der Waals surface area contributed by atoms with Crippen LogP contribution in [0.15, 0.2) is 60.2 Å². The summed E-state index contributed by atoms with van der Waals surface area (Å²) in [6, 6.07) is 18.1. The fourth-order valence-electron chi connectivity index (χ4n) is 2.99. The number of benzene rings is 2. The molecule has 0 saturated carbocycles. The monoisotopic (exact) mass is 404 g/mol. The Labute approximate surface area is 179 Å². The second-order valence-electron chi connectivity index (χ2n) is 5.81. The Morgan fingerprint density at radius 1 is 1.00 bits per heavy atom. The molecule has 0 N–H and O–H groups in total. The minimum Gasteiger partial charge on any atom is -1.00 e. The van der Waals surface area contributed by atoms with E-state index in [1.54, 1.807) is 0 Å². The quantitative estimate of drug-likeness (QED) is 0.423. The van der Waals surface area contributed by atoms with Gasteiger partial charge in [-0.3, -0.25) is 6.08 Å². The summed E-state index contributed by atoms with van der Waals surface area (Å²) in [4.78, 5) is 0. The van der Waals surface area contributed by atoms with E-state index in [4.69, 9.17) is 0 Å². The van der Waals surface area contributed by atoms with Crippen LogP contribution in [0, 0.1) is 12.1 Å². The zero-order valence-electron chi connectivity index (χ0n) is 14.5. The zero-order chi connectivity index (χ0) is 15.2. The summed E-state index contributed by atoms with van der Waals surface area (Å²) in [6.07, 6.45) is 13.6. The number of unbranched alkanes of at least 4 members (excludes halogenated alkanes) is 1. The topological polar surface area (TPSA) is 0 Å². The Balaban J connectivity index is 0.000000435. The van der Waals surface area contributed by atoms with Crippen LogP contribution < -0.4 is 24.8 Å². The van der Waals surface area contributed by atoms with Crippen molar-refractivity contribution in [3.05, 3.63) is 83.5 Å². The van der Waals surface area contributed by atoms with Crippen molar-refractivity contribution < 1.29 is 46.5 Å². The molecule has 2 aromatic rings. The van der Waals surface area contributed by atoms with Gasteiger partial charge in [-0.05, 0) is 6.42 Å². The van der Waals surface area contributed by atoms with Crippen LogP contribution in [0.25, 0.3) is 11.1 Å². The van der Waals surface area contributed by atoms with E-state index in [1.165, 1.54) is 47.1 Å². The van der Waals surface area contributed by atoms with Crippen molar-refractivity contribution in [2.45, 2.75) is 39.0 Å². The first-order valence-electron chi connectivity index (χ1n) is 8.22. The predicted molar refractivity (Wildman–Crippen MR) is 93.6 cm³/mol. The SMILES string of the molecule is CCCCC1=[C-]CC=C1.[Cl-].[Cl-].[Ti+4].[c-]1cccc2c1Cc1ccccc1-2. The van der Waals surface area contributed by atoms with Crippen LogP contribution in [0.2, 0.25) is 0 Å². The van der Waals surface area contributed by atoms with Gasteiger partial charge in [-0.25, -0.2) is 11.6 Å². The van der Waals surface area contributed by atoms with E-state index in [0.29, 0.717) is 0 Å². The average molecular weight is 405 g/mol. The molecule has 3 heteroatoms. The van der Waals surface area contributed by atoms with Crippen LogP contribution in [0.4, 0.5) is 0 Å². The van der Waals surface area contributed by atoms with Gasteiger partial charge in [-0.15, -0.1) is 12.0 Å². The van der Waals surface area contributed by atoms with Gasteiger partial charge in [-0.1, -0.05) is 61.6 Å². The van der Waals surface area contributed by atoms with Crippen LogP contribution in [0.3, 0.4) is 0 Å². The van der Waals surface area contributed by atoms with Crippen molar-refractivity contribution in [3.8, 4) is 11.1 Å². The first-order chi connectivity index (χ1) is 10.9. The third-order valence-electron chi connectivity index (χ3n) is 4.18. The van der Waals surface area contributed by atoms with E-state index >= 15 is 0 Å². The minimum atomic E-state index is 0. The van der Waals surface area contributed by atoms with Gasteiger partial charge in [0.1, 0.15) is 0 Å². The molecule has 0 bridgehead atoms. The average Bonchev–Trinajstić information content (AvgIpc) is 3.21. The second-order valence-corrected chi connectivity index (χ2v) is 5.81. The van der Waals surface area contributed by atoms with Gasteiger partial charge in [0.15, 0.2) is 0 Å². The summed E-state index contributed by atoms with van der Waals surface area (Å²) >= 11 is 0. The van der Waals surface area contributed by atoms with Crippen LogP contribution in [-0.2, 0) is 28.1 Å². The first-order valence-corrected chi connectivity index (χ1v) is 8.22. The maximum absolute atomic E-state index is 3.30. The summed E-state index contributed by atoms with van der Waals surface area (Å²) in [7, 11) is 0. The maximum atomic E-state index is 3.30. The van der Waals surface area contributed by atoms with Gasteiger partial charge in [0.25, 0.3) is 0 Å². The number of hydrogen-bond donors (Lipinski definition) is 0. The summed E-state index contributed by atoms with van der Waals surface area (Å²) in [6.45, 7) is 2.22. The van der Waals surface area contributed by atoms with Crippen LogP contribution in [-0.4, -0.2) is 0 Å². The molecule has 0 amide bonds. The second kappa shape index (κ2) is 12.5. The number of fused-ring (bicyclic) bond motifs is 3. The third kappa shape index (κ3) is 6.46. The summed E-state index contributed by atoms with van der Waals surface area (Å²) < 4.78 is 0. The van der Waals surface area contributed by atoms with Crippen molar-refractivity contribution in [3.63, 3.8) is 0 Å². The fourth-order valence-corrected chi connectivity index (χ4v) is 2.99. The van der Waals surface area contributed by atoms with E-state index < -0.39 is 0 Å². The molecule has 2 aromatic carbocycles. The van der Waals surface area contributed by atoms with Crippen molar-refractivity contribution in [2.24, 2.45) is 0 Å². The molecule has 0 atom stereocenters. The van der Waals surface area contributed by atoms with Crippen molar-refractivity contribution >= 4 is 0 Å². The third-order valence-corrected chi connectivity index (χ3v) is 4.18. The van der Waals surface area contributed by atoms with Gasteiger partial charge < -0.3 is 24.8 Å². The first kappa shape index (κ1) is 24.2. The van der Waals surface area contributed by atoms with E-state index in [1.807, 2.05) is 6.07 Å². The molecule has 0 nitrogen and oxygen atoms in total. The molecule has 0 spiro atoms. The van der Waals surface area contributed by atoms with Gasteiger partial charge >= 0.3 is 21.7 Å².